The Bertz CT molecular complexity index is 654. The molecule has 0 amide bonds. The highest BCUT2D eigenvalue weighted by Crippen LogP contribution is 2.33. The van der Waals surface area contributed by atoms with Gasteiger partial charge in [-0.15, -0.1) is 0 Å². The summed E-state index contributed by atoms with van der Waals surface area (Å²) in [6.45, 7) is 4.14. The lowest BCUT2D eigenvalue weighted by molar-refractivity contribution is 0.129. The maximum absolute atomic E-state index is 9.22. The third-order valence-electron chi connectivity index (χ3n) is 4.94. The highest BCUT2D eigenvalue weighted by molar-refractivity contribution is 5.23. The summed E-state index contributed by atoms with van der Waals surface area (Å²) in [6.07, 6.45) is 2.89. The minimum Gasteiger partial charge on any atom is -0.295 e. The number of nitrogens with zero attached hydrogens (tertiary/aromatic N) is 2. The summed E-state index contributed by atoms with van der Waals surface area (Å²) >= 11 is 0. The number of rotatable bonds is 4. The van der Waals surface area contributed by atoms with E-state index in [9.17, 15) is 5.26 Å². The van der Waals surface area contributed by atoms with E-state index in [-0.39, 0.29) is 0 Å². The zero-order valence-corrected chi connectivity index (χ0v) is 13.8. The van der Waals surface area contributed by atoms with E-state index in [1.54, 1.807) is 0 Å². The first-order chi connectivity index (χ1) is 11.3. The largest absolute Gasteiger partial charge is 0.295 e. The Morgan fingerprint density at radius 3 is 2.52 bits per heavy atom. The zero-order chi connectivity index (χ0) is 16.1. The monoisotopic (exact) mass is 304 g/mol. The molecule has 2 aromatic rings. The summed E-state index contributed by atoms with van der Waals surface area (Å²) in [6, 6.07) is 22.3. The molecule has 1 aliphatic rings. The number of hydrogen-bond donors (Lipinski definition) is 0. The van der Waals surface area contributed by atoms with Gasteiger partial charge in [-0.3, -0.25) is 4.90 Å². The minimum atomic E-state index is 0.361. The van der Waals surface area contributed by atoms with Crippen LogP contribution in [0.5, 0.6) is 0 Å². The SMILES string of the molecule is Cc1ccc(CN2CC[C@@H](c3ccccc3)C[C@@H]2CC#N)cc1. The molecule has 23 heavy (non-hydrogen) atoms. The summed E-state index contributed by atoms with van der Waals surface area (Å²) in [4.78, 5) is 2.49. The number of likely N-dealkylation sites (tertiary alicyclic amines) is 1. The molecule has 1 saturated heterocycles. The van der Waals surface area contributed by atoms with Gasteiger partial charge < -0.3 is 0 Å². The van der Waals surface area contributed by atoms with Gasteiger partial charge in [-0.1, -0.05) is 60.2 Å². The third-order valence-corrected chi connectivity index (χ3v) is 4.94. The fourth-order valence-corrected chi connectivity index (χ4v) is 3.58. The summed E-state index contributed by atoms with van der Waals surface area (Å²) in [5.74, 6) is 0.587. The second kappa shape index (κ2) is 7.44. The van der Waals surface area contributed by atoms with Crippen LogP contribution < -0.4 is 0 Å². The Balaban J connectivity index is 1.70. The fourth-order valence-electron chi connectivity index (χ4n) is 3.58. The molecule has 0 radical (unpaired) electrons. The van der Waals surface area contributed by atoms with Crippen molar-refractivity contribution in [1.29, 1.82) is 5.26 Å². The van der Waals surface area contributed by atoms with Crippen molar-refractivity contribution < 1.29 is 0 Å². The van der Waals surface area contributed by atoms with Gasteiger partial charge in [0.2, 0.25) is 0 Å². The highest BCUT2D eigenvalue weighted by Gasteiger charge is 2.29. The van der Waals surface area contributed by atoms with Crippen LogP contribution in [0.3, 0.4) is 0 Å². The van der Waals surface area contributed by atoms with E-state index in [1.807, 2.05) is 0 Å². The van der Waals surface area contributed by atoms with Crippen LogP contribution in [0.25, 0.3) is 0 Å². The van der Waals surface area contributed by atoms with Crippen LogP contribution >= 0.6 is 0 Å². The Hall–Kier alpha value is -2.11. The van der Waals surface area contributed by atoms with Crippen LogP contribution in [-0.2, 0) is 6.54 Å². The maximum atomic E-state index is 9.22. The predicted octanol–water partition coefficient (Wildman–Crippen LogP) is 4.66. The van der Waals surface area contributed by atoms with Crippen molar-refractivity contribution >= 4 is 0 Å². The number of benzene rings is 2. The van der Waals surface area contributed by atoms with Crippen LogP contribution in [0.2, 0.25) is 0 Å². The molecule has 0 aromatic heterocycles. The van der Waals surface area contributed by atoms with Crippen LogP contribution in [0.1, 0.15) is 41.9 Å². The Morgan fingerprint density at radius 1 is 1.09 bits per heavy atom. The summed E-state index contributed by atoms with van der Waals surface area (Å²) in [7, 11) is 0. The lowest BCUT2D eigenvalue weighted by Gasteiger charge is -2.39. The van der Waals surface area contributed by atoms with Gasteiger partial charge in [-0.25, -0.2) is 0 Å². The van der Waals surface area contributed by atoms with Gasteiger partial charge >= 0.3 is 0 Å². The van der Waals surface area contributed by atoms with Crippen molar-refractivity contribution in [2.45, 2.75) is 44.7 Å². The summed E-state index contributed by atoms with van der Waals surface area (Å²) in [5.41, 5.74) is 4.06. The molecule has 1 heterocycles. The van der Waals surface area contributed by atoms with E-state index in [0.29, 0.717) is 18.4 Å². The molecule has 0 saturated carbocycles. The maximum Gasteiger partial charge on any atom is 0.0638 e. The number of nitriles is 1. The first-order valence-electron chi connectivity index (χ1n) is 8.48. The molecule has 0 spiro atoms. The molecule has 118 valence electrons. The van der Waals surface area contributed by atoms with Gasteiger partial charge in [-0.2, -0.15) is 5.26 Å². The topological polar surface area (TPSA) is 27.0 Å². The highest BCUT2D eigenvalue weighted by atomic mass is 15.2. The number of hydrogen-bond acceptors (Lipinski definition) is 2. The Labute approximate surface area is 139 Å². The van der Waals surface area contributed by atoms with E-state index in [1.165, 1.54) is 23.1 Å². The first-order valence-corrected chi connectivity index (χ1v) is 8.48. The summed E-state index contributed by atoms with van der Waals surface area (Å²) < 4.78 is 0. The van der Waals surface area contributed by atoms with E-state index < -0.39 is 0 Å². The third kappa shape index (κ3) is 4.00. The van der Waals surface area contributed by atoms with Gasteiger partial charge in [0.25, 0.3) is 0 Å². The van der Waals surface area contributed by atoms with Crippen molar-refractivity contribution in [2.24, 2.45) is 0 Å². The van der Waals surface area contributed by atoms with E-state index >= 15 is 0 Å². The average molecular weight is 304 g/mol. The molecule has 2 aromatic carbocycles. The van der Waals surface area contributed by atoms with Crippen molar-refractivity contribution in [2.75, 3.05) is 6.54 Å². The smallest absolute Gasteiger partial charge is 0.0638 e. The van der Waals surface area contributed by atoms with Gasteiger partial charge in [-0.05, 0) is 43.4 Å². The quantitative estimate of drug-likeness (QED) is 0.821. The van der Waals surface area contributed by atoms with E-state index in [4.69, 9.17) is 0 Å². The van der Waals surface area contributed by atoms with Gasteiger partial charge in [0.15, 0.2) is 0 Å². The van der Waals surface area contributed by atoms with Crippen LogP contribution in [0, 0.1) is 18.3 Å². The molecule has 1 aliphatic heterocycles. The van der Waals surface area contributed by atoms with Gasteiger partial charge in [0.1, 0.15) is 0 Å². The summed E-state index contributed by atoms with van der Waals surface area (Å²) in [5, 5.41) is 9.22. The molecule has 2 heteroatoms. The number of aryl methyl sites for hydroxylation is 1. The Morgan fingerprint density at radius 2 is 1.83 bits per heavy atom. The fraction of sp³-hybridized carbons (Fsp3) is 0.381. The lowest BCUT2D eigenvalue weighted by Crippen LogP contribution is -2.41. The molecule has 0 aliphatic carbocycles. The second-order valence-electron chi connectivity index (χ2n) is 6.60. The van der Waals surface area contributed by atoms with Gasteiger partial charge in [0.05, 0.1) is 12.5 Å². The molecule has 2 nitrogen and oxygen atoms in total. The normalized spacial score (nSPS) is 21.7. The van der Waals surface area contributed by atoms with E-state index in [0.717, 1.165) is 19.5 Å². The van der Waals surface area contributed by atoms with Crippen LogP contribution in [0.4, 0.5) is 0 Å². The van der Waals surface area contributed by atoms with Crippen LogP contribution in [0.15, 0.2) is 54.6 Å². The molecule has 0 bridgehead atoms. The molecule has 3 rings (SSSR count). The van der Waals surface area contributed by atoms with Crippen molar-refractivity contribution in [3.05, 3.63) is 71.3 Å². The molecule has 1 fully saturated rings. The lowest BCUT2D eigenvalue weighted by atomic mass is 9.84. The standard InChI is InChI=1S/C21H24N2/c1-17-7-9-18(10-8-17)16-23-14-12-20(15-21(23)11-13-22)19-5-3-2-4-6-19/h2-10,20-21H,11-12,14-16H2,1H3/t20-,21+/m1/s1. The van der Waals surface area contributed by atoms with Crippen LogP contribution in [-0.4, -0.2) is 17.5 Å². The minimum absolute atomic E-state index is 0.361. The molecular weight excluding hydrogens is 280 g/mol. The molecule has 2 atom stereocenters. The molecular formula is C21H24N2. The molecule has 0 N–H and O–H groups in total. The van der Waals surface area contributed by atoms with E-state index in [2.05, 4.69) is 72.5 Å². The Kier molecular flexibility index (Phi) is 5.10. The second-order valence-corrected chi connectivity index (χ2v) is 6.60. The number of piperidine rings is 1. The first kappa shape index (κ1) is 15.8. The van der Waals surface area contributed by atoms with Crippen molar-refractivity contribution in [3.63, 3.8) is 0 Å². The van der Waals surface area contributed by atoms with Crippen molar-refractivity contribution in [1.82, 2.24) is 4.90 Å². The van der Waals surface area contributed by atoms with Gasteiger partial charge in [0, 0.05) is 12.6 Å². The molecule has 0 unspecified atom stereocenters. The predicted molar refractivity (Wildman–Crippen MR) is 94.0 cm³/mol. The van der Waals surface area contributed by atoms with Crippen molar-refractivity contribution in [3.8, 4) is 6.07 Å². The zero-order valence-electron chi connectivity index (χ0n) is 13.8. The average Bonchev–Trinajstić information content (AvgIpc) is 2.59.